The molecule has 1 aromatic heterocycles. The molecule has 0 spiro atoms. The number of allylic oxidation sites excluding steroid dienone is 2. The molecule has 1 rings (SSSR count). The van der Waals surface area contributed by atoms with Crippen LogP contribution in [0.25, 0.3) is 12.7 Å². The van der Waals surface area contributed by atoms with Gasteiger partial charge in [0.1, 0.15) is 5.56 Å². The highest BCUT2D eigenvalue weighted by Crippen LogP contribution is 1.82. The molecule has 0 amide bonds. The Kier molecular flexibility index (Phi) is 3.23. The number of hydrogen-bond donors (Lipinski definition) is 2. The minimum absolute atomic E-state index is 0.271. The Balaban J connectivity index is 3.66. The van der Waals surface area contributed by atoms with E-state index in [2.05, 4.69) is 11.6 Å². The van der Waals surface area contributed by atoms with E-state index < -0.39 is 11.4 Å². The Hall–Kier alpha value is -2.10. The molecule has 0 aliphatic heterocycles. The van der Waals surface area contributed by atoms with Crippen LogP contribution in [0.4, 0.5) is 0 Å². The Bertz CT molecular complexity index is 566. The number of rotatable bonds is 2. The topological polar surface area (TPSA) is 70.2 Å². The first-order valence-corrected chi connectivity index (χ1v) is 4.35. The Morgan fingerprint density at radius 1 is 1.60 bits per heavy atom. The number of aromatic carboxylic acids is 1. The van der Waals surface area contributed by atoms with Gasteiger partial charge in [-0.05, 0) is 13.0 Å². The third kappa shape index (κ3) is 2.22. The number of carboxylic acid groups (broad SMARTS) is 1. The number of hydrogen-bond acceptors (Lipinski definition) is 2. The van der Waals surface area contributed by atoms with Crippen LogP contribution >= 0.6 is 0 Å². The average Bonchev–Trinajstić information content (AvgIpc) is 2.17. The first-order valence-electron chi connectivity index (χ1n) is 4.35. The van der Waals surface area contributed by atoms with E-state index in [-0.39, 0.29) is 10.8 Å². The molecule has 0 aromatic carbocycles. The molecule has 0 fully saturated rings. The summed E-state index contributed by atoms with van der Waals surface area (Å²) in [6.45, 7) is 5.42. The zero-order valence-electron chi connectivity index (χ0n) is 8.28. The number of carboxylic acids is 1. The monoisotopic (exact) mass is 205 g/mol. The molecule has 0 aliphatic rings. The summed E-state index contributed by atoms with van der Waals surface area (Å²) in [6, 6.07) is 0. The molecule has 1 heterocycles. The highest BCUT2D eigenvalue weighted by molar-refractivity contribution is 5.87. The minimum Gasteiger partial charge on any atom is -0.477 e. The summed E-state index contributed by atoms with van der Waals surface area (Å²) in [5.74, 6) is -1.24. The van der Waals surface area contributed by atoms with Gasteiger partial charge in [0.15, 0.2) is 0 Å². The van der Waals surface area contributed by atoms with Crippen molar-refractivity contribution in [3.05, 3.63) is 44.7 Å². The fourth-order valence-corrected chi connectivity index (χ4v) is 1.11. The van der Waals surface area contributed by atoms with E-state index in [1.807, 2.05) is 0 Å². The zero-order chi connectivity index (χ0) is 11.4. The summed E-state index contributed by atoms with van der Waals surface area (Å²) in [4.78, 5) is 25.0. The molecule has 0 radical (unpaired) electrons. The van der Waals surface area contributed by atoms with E-state index in [0.29, 0.717) is 5.35 Å². The number of carbonyl (C=O) groups is 1. The van der Waals surface area contributed by atoms with Crippen molar-refractivity contribution >= 4 is 18.6 Å². The van der Waals surface area contributed by atoms with Crippen LogP contribution < -0.4 is 16.0 Å². The maximum absolute atomic E-state index is 11.6. The number of aromatic nitrogens is 1. The Morgan fingerprint density at radius 2 is 2.27 bits per heavy atom. The lowest BCUT2D eigenvalue weighted by molar-refractivity contribution is 0.0695. The molecule has 0 unspecified atom stereocenters. The molecule has 15 heavy (non-hydrogen) atoms. The van der Waals surface area contributed by atoms with Crippen LogP contribution in [-0.2, 0) is 0 Å². The second kappa shape index (κ2) is 4.41. The molecule has 1 aromatic rings. The summed E-state index contributed by atoms with van der Waals surface area (Å²) in [5.41, 5.74) is -0.803. The van der Waals surface area contributed by atoms with Crippen molar-refractivity contribution in [2.45, 2.75) is 6.92 Å². The molecular formula is C11H11NO3. The van der Waals surface area contributed by atoms with Crippen LogP contribution in [0, 0.1) is 0 Å². The standard InChI is InChI=1S/C11H11NO3/c1-3-4-5-8-7(2)12-6-9(10(8)13)11(14)15/h3-6,12H,2H2,1H3,(H,14,15)/b4-3-,8-5+. The van der Waals surface area contributed by atoms with E-state index in [1.165, 1.54) is 6.08 Å². The molecule has 0 saturated heterocycles. The third-order valence-electron chi connectivity index (χ3n) is 1.89. The van der Waals surface area contributed by atoms with Crippen molar-refractivity contribution in [2.24, 2.45) is 0 Å². The second-order valence-electron chi connectivity index (χ2n) is 2.92. The van der Waals surface area contributed by atoms with Gasteiger partial charge in [0.2, 0.25) is 5.43 Å². The van der Waals surface area contributed by atoms with Gasteiger partial charge in [-0.1, -0.05) is 18.7 Å². The summed E-state index contributed by atoms with van der Waals surface area (Å²) in [6.07, 6.45) is 6.09. The van der Waals surface area contributed by atoms with Crippen LogP contribution in [0.3, 0.4) is 0 Å². The lowest BCUT2D eigenvalue weighted by Gasteiger charge is -1.93. The summed E-state index contributed by atoms with van der Waals surface area (Å²) in [7, 11) is 0. The zero-order valence-corrected chi connectivity index (χ0v) is 8.28. The second-order valence-corrected chi connectivity index (χ2v) is 2.92. The minimum atomic E-state index is -1.24. The fourth-order valence-electron chi connectivity index (χ4n) is 1.11. The van der Waals surface area contributed by atoms with E-state index >= 15 is 0 Å². The highest BCUT2D eigenvalue weighted by Gasteiger charge is 2.08. The van der Waals surface area contributed by atoms with Crippen molar-refractivity contribution < 1.29 is 9.90 Å². The van der Waals surface area contributed by atoms with Crippen LogP contribution in [0.5, 0.6) is 0 Å². The van der Waals surface area contributed by atoms with Gasteiger partial charge >= 0.3 is 5.97 Å². The summed E-state index contributed by atoms with van der Waals surface area (Å²) in [5, 5.41) is 9.41. The molecule has 0 saturated carbocycles. The first-order chi connectivity index (χ1) is 7.07. The van der Waals surface area contributed by atoms with Crippen molar-refractivity contribution in [1.82, 2.24) is 4.98 Å². The van der Waals surface area contributed by atoms with Gasteiger partial charge in [-0.15, -0.1) is 0 Å². The summed E-state index contributed by atoms with van der Waals surface area (Å²) < 4.78 is 0. The van der Waals surface area contributed by atoms with Gasteiger partial charge in [0, 0.05) is 16.8 Å². The maximum Gasteiger partial charge on any atom is 0.341 e. The predicted octanol–water partition coefficient (Wildman–Crippen LogP) is -0.160. The van der Waals surface area contributed by atoms with E-state index in [4.69, 9.17) is 5.11 Å². The highest BCUT2D eigenvalue weighted by atomic mass is 16.4. The van der Waals surface area contributed by atoms with Crippen LogP contribution in [0.2, 0.25) is 0 Å². The number of nitrogens with one attached hydrogen (secondary N) is 1. The molecule has 0 bridgehead atoms. The van der Waals surface area contributed by atoms with Crippen LogP contribution in [-0.4, -0.2) is 16.1 Å². The van der Waals surface area contributed by atoms with Crippen LogP contribution in [0.15, 0.2) is 23.1 Å². The van der Waals surface area contributed by atoms with Crippen molar-refractivity contribution in [1.29, 1.82) is 0 Å². The lowest BCUT2D eigenvalue weighted by Crippen LogP contribution is -2.42. The Labute approximate surface area is 85.9 Å². The van der Waals surface area contributed by atoms with Crippen molar-refractivity contribution in [2.75, 3.05) is 0 Å². The number of H-pyrrole nitrogens is 1. The summed E-state index contributed by atoms with van der Waals surface area (Å²) >= 11 is 0. The van der Waals surface area contributed by atoms with Gasteiger partial charge in [-0.25, -0.2) is 4.79 Å². The van der Waals surface area contributed by atoms with Gasteiger partial charge in [-0.2, -0.15) is 0 Å². The quantitative estimate of drug-likeness (QED) is 0.704. The number of aromatic amines is 1. The maximum atomic E-state index is 11.6. The van der Waals surface area contributed by atoms with E-state index in [9.17, 15) is 9.59 Å². The van der Waals surface area contributed by atoms with E-state index in [0.717, 1.165) is 6.20 Å². The smallest absolute Gasteiger partial charge is 0.341 e. The predicted molar refractivity (Wildman–Crippen MR) is 58.1 cm³/mol. The largest absolute Gasteiger partial charge is 0.477 e. The SMILES string of the molecule is C=c1[nH]cc(C(=O)O)c(=O)/c1=C/C=C\C. The molecular weight excluding hydrogens is 194 g/mol. The number of pyridine rings is 1. The van der Waals surface area contributed by atoms with Gasteiger partial charge in [0.25, 0.3) is 0 Å². The van der Waals surface area contributed by atoms with Crippen molar-refractivity contribution in [3.63, 3.8) is 0 Å². The molecule has 2 N–H and O–H groups in total. The van der Waals surface area contributed by atoms with Gasteiger partial charge in [0.05, 0.1) is 0 Å². The Morgan fingerprint density at radius 3 is 2.80 bits per heavy atom. The van der Waals surface area contributed by atoms with Gasteiger partial charge in [-0.3, -0.25) is 4.79 Å². The molecule has 0 atom stereocenters. The third-order valence-corrected chi connectivity index (χ3v) is 1.89. The lowest BCUT2D eigenvalue weighted by atomic mass is 10.2. The van der Waals surface area contributed by atoms with Crippen LogP contribution in [0.1, 0.15) is 17.3 Å². The molecule has 0 aliphatic carbocycles. The first kappa shape index (κ1) is 11.0. The molecule has 4 heteroatoms. The molecule has 78 valence electrons. The van der Waals surface area contributed by atoms with E-state index in [1.54, 1.807) is 19.1 Å². The normalized spacial score (nSPS) is 12.2. The molecule has 4 nitrogen and oxygen atoms in total. The fraction of sp³-hybridized carbons (Fsp3) is 0.0909. The van der Waals surface area contributed by atoms with Crippen molar-refractivity contribution in [3.8, 4) is 0 Å². The van der Waals surface area contributed by atoms with Gasteiger partial charge < -0.3 is 10.1 Å². The average molecular weight is 205 g/mol.